The number of urea groups is 1. The maximum Gasteiger partial charge on any atom is 0.333 e. The van der Waals surface area contributed by atoms with Crippen LogP contribution >= 0.6 is 0 Å². The quantitative estimate of drug-likeness (QED) is 0.488. The number of nitrogens with two attached hydrogens (primary N) is 1. The maximum absolute atomic E-state index is 10.4. The Kier molecular flexibility index (Phi) is 13.8. The van der Waals surface area contributed by atoms with Gasteiger partial charge in [-0.3, -0.25) is 0 Å². The minimum atomic E-state index is -0.530. The summed E-state index contributed by atoms with van der Waals surface area (Å²) in [6.45, 7) is 2.86. The van der Waals surface area contributed by atoms with Crippen molar-refractivity contribution in [3.8, 4) is 0 Å². The van der Waals surface area contributed by atoms with Gasteiger partial charge in [0.25, 0.3) is 0 Å². The first-order valence-corrected chi connectivity index (χ1v) is 7.74. The third-order valence-electron chi connectivity index (χ3n) is 3.28. The molecule has 0 spiro atoms. The summed E-state index contributed by atoms with van der Waals surface area (Å²) >= 11 is 0. The first-order chi connectivity index (χ1) is 8.77. The Hall–Kier alpha value is -0.730. The molecule has 0 aromatic heterocycles. The molecule has 0 rings (SSSR count). The van der Waals surface area contributed by atoms with E-state index in [4.69, 9.17) is 5.73 Å². The lowest BCUT2D eigenvalue weighted by Crippen LogP contribution is -2.23. The second kappa shape index (κ2) is 14.3. The average Bonchev–Trinajstić information content (AvgIpc) is 2.34. The maximum atomic E-state index is 10.4. The molecule has 2 amide bonds. The Bertz CT molecular complexity index is 183. The normalized spacial score (nSPS) is 10.5. The molecule has 0 saturated carbocycles. The smallest absolute Gasteiger partial charge is 0.333 e. The van der Waals surface area contributed by atoms with E-state index in [2.05, 4.69) is 12.2 Å². The second-order valence-corrected chi connectivity index (χ2v) is 5.11. The van der Waals surface area contributed by atoms with Gasteiger partial charge < -0.3 is 5.73 Å². The molecule has 0 aliphatic rings. The van der Waals surface area contributed by atoms with Gasteiger partial charge in [0.1, 0.15) is 0 Å². The molecule has 0 aromatic carbocycles. The zero-order valence-corrected chi connectivity index (χ0v) is 12.1. The van der Waals surface area contributed by atoms with Crippen molar-refractivity contribution in [1.29, 1.82) is 0 Å². The van der Waals surface area contributed by atoms with E-state index in [1.54, 1.807) is 0 Å². The minimum absolute atomic E-state index is 0.530. The van der Waals surface area contributed by atoms with E-state index in [0.717, 1.165) is 6.42 Å². The Morgan fingerprint density at radius 2 is 1.17 bits per heavy atom. The molecule has 0 atom stereocenters. The predicted molar refractivity (Wildman–Crippen MR) is 77.7 cm³/mol. The molecule has 0 fully saturated rings. The van der Waals surface area contributed by atoms with Crippen LogP contribution in [0.3, 0.4) is 0 Å². The Balaban J connectivity index is 2.92. The van der Waals surface area contributed by atoms with Crippen molar-refractivity contribution < 1.29 is 4.79 Å². The highest BCUT2D eigenvalue weighted by Crippen LogP contribution is 2.11. The zero-order chi connectivity index (χ0) is 13.5. The van der Waals surface area contributed by atoms with Crippen LogP contribution in [0, 0.1) is 0 Å². The Morgan fingerprint density at radius 1 is 0.778 bits per heavy atom. The number of primary amides is 1. The molecule has 0 aromatic rings. The van der Waals surface area contributed by atoms with Gasteiger partial charge in [0.15, 0.2) is 0 Å². The number of unbranched alkanes of at least 4 members (excludes halogenated alkanes) is 11. The van der Waals surface area contributed by atoms with E-state index in [1.807, 2.05) is 0 Å². The van der Waals surface area contributed by atoms with Crippen LogP contribution in [0.1, 0.15) is 84.0 Å². The van der Waals surface area contributed by atoms with Crippen LogP contribution in [-0.2, 0) is 0 Å². The van der Waals surface area contributed by atoms with Crippen molar-refractivity contribution in [2.24, 2.45) is 5.73 Å². The van der Waals surface area contributed by atoms with Crippen molar-refractivity contribution in [1.82, 2.24) is 5.32 Å². The zero-order valence-electron chi connectivity index (χ0n) is 12.1. The number of carbonyl (C=O) groups excluding carboxylic acids is 1. The number of amides is 2. The highest BCUT2D eigenvalue weighted by atomic mass is 16.2. The number of nitrogens with zero attached hydrogens (tertiary/aromatic N) is 1. The monoisotopic (exact) mass is 255 g/mol. The lowest BCUT2D eigenvalue weighted by Gasteiger charge is -2.02. The molecular formula is C15H31N2O. The van der Waals surface area contributed by atoms with Crippen molar-refractivity contribution in [3.63, 3.8) is 0 Å². The molecule has 0 aliphatic carbocycles. The van der Waals surface area contributed by atoms with Gasteiger partial charge in [-0.05, 0) is 6.42 Å². The summed E-state index contributed by atoms with van der Waals surface area (Å²) in [7, 11) is 0. The summed E-state index contributed by atoms with van der Waals surface area (Å²) in [6, 6.07) is -0.530. The number of hydrogen-bond donors (Lipinski definition) is 1. The van der Waals surface area contributed by atoms with E-state index >= 15 is 0 Å². The van der Waals surface area contributed by atoms with Crippen molar-refractivity contribution in [3.05, 3.63) is 0 Å². The van der Waals surface area contributed by atoms with Gasteiger partial charge >= 0.3 is 6.03 Å². The lowest BCUT2D eigenvalue weighted by molar-refractivity contribution is 0.248. The Labute approximate surface area is 113 Å². The van der Waals surface area contributed by atoms with Crippen LogP contribution in [0.15, 0.2) is 0 Å². The summed E-state index contributed by atoms with van der Waals surface area (Å²) < 4.78 is 0. The van der Waals surface area contributed by atoms with Crippen molar-refractivity contribution in [2.75, 3.05) is 6.54 Å². The molecule has 0 heterocycles. The molecule has 18 heavy (non-hydrogen) atoms. The summed E-state index contributed by atoms with van der Waals surface area (Å²) in [5, 5.41) is 3.65. The van der Waals surface area contributed by atoms with E-state index in [-0.39, 0.29) is 0 Å². The van der Waals surface area contributed by atoms with Gasteiger partial charge in [0, 0.05) is 6.54 Å². The number of hydrogen-bond acceptors (Lipinski definition) is 1. The largest absolute Gasteiger partial charge is 0.350 e. The molecule has 0 bridgehead atoms. The van der Waals surface area contributed by atoms with Crippen LogP contribution in [0.25, 0.3) is 0 Å². The van der Waals surface area contributed by atoms with Gasteiger partial charge in [-0.15, -0.1) is 0 Å². The fourth-order valence-electron chi connectivity index (χ4n) is 2.14. The molecule has 107 valence electrons. The average molecular weight is 255 g/mol. The van der Waals surface area contributed by atoms with E-state index in [0.29, 0.717) is 6.54 Å². The minimum Gasteiger partial charge on any atom is -0.350 e. The summed E-state index contributed by atoms with van der Waals surface area (Å²) in [5.74, 6) is 0. The van der Waals surface area contributed by atoms with Crippen LogP contribution in [0.2, 0.25) is 0 Å². The van der Waals surface area contributed by atoms with Crippen LogP contribution in [0.5, 0.6) is 0 Å². The molecule has 0 saturated heterocycles. The summed E-state index contributed by atoms with van der Waals surface area (Å²) in [6.07, 6.45) is 15.9. The third kappa shape index (κ3) is 15.3. The van der Waals surface area contributed by atoms with E-state index in [9.17, 15) is 4.79 Å². The lowest BCUT2D eigenvalue weighted by atomic mass is 10.1. The van der Waals surface area contributed by atoms with Crippen LogP contribution in [-0.4, -0.2) is 12.6 Å². The van der Waals surface area contributed by atoms with E-state index < -0.39 is 6.03 Å². The highest BCUT2D eigenvalue weighted by Gasteiger charge is 1.95. The summed E-state index contributed by atoms with van der Waals surface area (Å²) in [4.78, 5) is 10.4. The van der Waals surface area contributed by atoms with E-state index in [1.165, 1.54) is 70.6 Å². The molecule has 1 radical (unpaired) electrons. The molecule has 0 aliphatic heterocycles. The molecule has 3 nitrogen and oxygen atoms in total. The van der Waals surface area contributed by atoms with Crippen LogP contribution in [0.4, 0.5) is 4.79 Å². The van der Waals surface area contributed by atoms with Gasteiger partial charge in [-0.2, -0.15) is 0 Å². The molecule has 2 N–H and O–H groups in total. The SMILES string of the molecule is CCCCCCCCCCCCCC[N]C(N)=O. The molecular weight excluding hydrogens is 224 g/mol. The second-order valence-electron chi connectivity index (χ2n) is 5.11. The van der Waals surface area contributed by atoms with Crippen molar-refractivity contribution >= 4 is 6.03 Å². The number of rotatable bonds is 13. The van der Waals surface area contributed by atoms with Gasteiger partial charge in [0.05, 0.1) is 0 Å². The summed E-state index contributed by atoms with van der Waals surface area (Å²) in [5.41, 5.74) is 4.93. The third-order valence-corrected chi connectivity index (χ3v) is 3.28. The Morgan fingerprint density at radius 3 is 1.56 bits per heavy atom. The standard InChI is InChI=1S/C15H31N2O/c1-2-3-4-5-6-7-8-9-10-11-12-13-14-17-15(16)18/h2-14H2,1H3,(H2,16,18). The van der Waals surface area contributed by atoms with Gasteiger partial charge in [-0.25, -0.2) is 10.1 Å². The fraction of sp³-hybridized carbons (Fsp3) is 0.933. The highest BCUT2D eigenvalue weighted by molar-refractivity contribution is 5.71. The number of carbonyl (C=O) groups is 1. The van der Waals surface area contributed by atoms with Crippen molar-refractivity contribution in [2.45, 2.75) is 84.0 Å². The van der Waals surface area contributed by atoms with Gasteiger partial charge in [-0.1, -0.05) is 77.6 Å². The molecule has 3 heteroatoms. The molecule has 0 unspecified atom stereocenters. The fourth-order valence-corrected chi connectivity index (χ4v) is 2.14. The predicted octanol–water partition coefficient (Wildman–Crippen LogP) is 4.37. The first kappa shape index (κ1) is 17.3. The van der Waals surface area contributed by atoms with Gasteiger partial charge in [0.2, 0.25) is 0 Å². The topological polar surface area (TPSA) is 57.2 Å². The first-order valence-electron chi connectivity index (χ1n) is 7.74. The van der Waals surface area contributed by atoms with Crippen LogP contribution < -0.4 is 11.1 Å².